The molecule has 124 valence electrons. The molecule has 0 aliphatic carbocycles. The molecule has 0 aromatic heterocycles. The lowest BCUT2D eigenvalue weighted by molar-refractivity contribution is -0.120. The zero-order chi connectivity index (χ0) is 16.9. The molecule has 0 saturated carbocycles. The van der Waals surface area contributed by atoms with Crippen LogP contribution in [0.25, 0.3) is 0 Å². The molecule has 2 N–H and O–H groups in total. The first-order valence-electron chi connectivity index (χ1n) is 7.75. The first kappa shape index (κ1) is 16.4. The Kier molecular flexibility index (Phi) is 5.05. The Bertz CT molecular complexity index is 746. The molecule has 2 amide bonds. The van der Waals surface area contributed by atoms with Crippen molar-refractivity contribution in [1.82, 2.24) is 0 Å². The van der Waals surface area contributed by atoms with Crippen LogP contribution in [0.1, 0.15) is 13.3 Å². The molecule has 6 heteroatoms. The van der Waals surface area contributed by atoms with Gasteiger partial charge in [-0.1, -0.05) is 12.1 Å². The van der Waals surface area contributed by atoms with E-state index >= 15 is 0 Å². The Balaban J connectivity index is 1.60. The smallest absolute Gasteiger partial charge is 0.238 e. The van der Waals surface area contributed by atoms with Gasteiger partial charge in [0.05, 0.1) is 17.5 Å². The van der Waals surface area contributed by atoms with Crippen molar-refractivity contribution >= 4 is 35.0 Å². The van der Waals surface area contributed by atoms with Gasteiger partial charge in [-0.3, -0.25) is 9.59 Å². The minimum absolute atomic E-state index is 0.123. The van der Waals surface area contributed by atoms with Gasteiger partial charge in [-0.05, 0) is 43.3 Å². The third kappa shape index (κ3) is 3.89. The monoisotopic (exact) mass is 342 g/mol. The zero-order valence-corrected chi connectivity index (χ0v) is 14.1. The number of thioether (sulfide) groups is 1. The van der Waals surface area contributed by atoms with Crippen LogP contribution in [-0.4, -0.2) is 23.7 Å². The molecule has 1 atom stereocenters. The van der Waals surface area contributed by atoms with Gasteiger partial charge in [0.1, 0.15) is 5.75 Å². The van der Waals surface area contributed by atoms with E-state index < -0.39 is 5.25 Å². The van der Waals surface area contributed by atoms with Crippen LogP contribution in [0.5, 0.6) is 5.75 Å². The van der Waals surface area contributed by atoms with Crippen molar-refractivity contribution < 1.29 is 14.3 Å². The summed E-state index contributed by atoms with van der Waals surface area (Å²) in [6.45, 7) is 2.52. The highest BCUT2D eigenvalue weighted by molar-refractivity contribution is 8.01. The molecule has 5 nitrogen and oxygen atoms in total. The number of ether oxygens (including phenoxy) is 1. The Morgan fingerprint density at radius 3 is 2.71 bits per heavy atom. The number of nitrogens with one attached hydrogen (secondary N) is 2. The van der Waals surface area contributed by atoms with Crippen molar-refractivity contribution in [2.24, 2.45) is 0 Å². The molecule has 0 unspecified atom stereocenters. The summed E-state index contributed by atoms with van der Waals surface area (Å²) in [4.78, 5) is 25.3. The van der Waals surface area contributed by atoms with E-state index in [4.69, 9.17) is 4.74 Å². The maximum absolute atomic E-state index is 12.2. The fourth-order valence-corrected chi connectivity index (χ4v) is 3.52. The van der Waals surface area contributed by atoms with Crippen molar-refractivity contribution in [2.75, 3.05) is 17.2 Å². The van der Waals surface area contributed by atoms with Gasteiger partial charge in [0.2, 0.25) is 11.8 Å². The molecule has 3 rings (SSSR count). The van der Waals surface area contributed by atoms with E-state index in [1.54, 1.807) is 24.3 Å². The molecular formula is C18H18N2O3S. The number of fused-ring (bicyclic) bond motifs is 1. The largest absolute Gasteiger partial charge is 0.494 e. The lowest BCUT2D eigenvalue weighted by Crippen LogP contribution is -2.32. The van der Waals surface area contributed by atoms with Crippen LogP contribution < -0.4 is 15.4 Å². The minimum Gasteiger partial charge on any atom is -0.494 e. The topological polar surface area (TPSA) is 67.4 Å². The third-order valence-corrected chi connectivity index (χ3v) is 4.80. The van der Waals surface area contributed by atoms with Crippen molar-refractivity contribution in [3.63, 3.8) is 0 Å². The van der Waals surface area contributed by atoms with Gasteiger partial charge in [0.25, 0.3) is 0 Å². The number of benzene rings is 2. The maximum Gasteiger partial charge on any atom is 0.238 e. The van der Waals surface area contributed by atoms with E-state index in [0.29, 0.717) is 12.3 Å². The number of carbonyl (C=O) groups excluding carboxylic acids is 2. The lowest BCUT2D eigenvalue weighted by Gasteiger charge is -2.23. The summed E-state index contributed by atoms with van der Waals surface area (Å²) in [6.07, 6.45) is 0.123. The third-order valence-electron chi connectivity index (χ3n) is 3.53. The quantitative estimate of drug-likeness (QED) is 0.872. The van der Waals surface area contributed by atoms with Crippen LogP contribution >= 0.6 is 11.8 Å². The number of carbonyl (C=O) groups is 2. The molecular weight excluding hydrogens is 324 g/mol. The van der Waals surface area contributed by atoms with Crippen LogP contribution in [0, 0.1) is 0 Å². The number of para-hydroxylation sites is 1. The molecule has 0 bridgehead atoms. The Hall–Kier alpha value is -2.47. The fraction of sp³-hybridized carbons (Fsp3) is 0.222. The normalized spacial score (nSPS) is 16.0. The maximum atomic E-state index is 12.2. The second kappa shape index (κ2) is 7.40. The second-order valence-electron chi connectivity index (χ2n) is 5.30. The Labute approximate surface area is 144 Å². The first-order valence-corrected chi connectivity index (χ1v) is 8.63. The van der Waals surface area contributed by atoms with Crippen LogP contribution in [0.3, 0.4) is 0 Å². The Morgan fingerprint density at radius 1 is 1.21 bits per heavy atom. The van der Waals surface area contributed by atoms with E-state index in [9.17, 15) is 9.59 Å². The lowest BCUT2D eigenvalue weighted by atomic mass is 10.2. The van der Waals surface area contributed by atoms with Crippen LogP contribution in [0.2, 0.25) is 0 Å². The van der Waals surface area contributed by atoms with Gasteiger partial charge in [-0.2, -0.15) is 0 Å². The summed E-state index contributed by atoms with van der Waals surface area (Å²) in [5.74, 6) is 0.432. The molecule has 0 saturated heterocycles. The van der Waals surface area contributed by atoms with Crippen molar-refractivity contribution in [3.05, 3.63) is 48.5 Å². The standard InChI is InChI=1S/C18H18N2O3S/c1-2-23-13-9-7-12(8-10-13)19-17(21)11-16-18(22)20-14-5-3-4-6-15(14)24-16/h3-10,16H,2,11H2,1H3,(H,19,21)(H,20,22)/t16-/m0/s1. The SMILES string of the molecule is CCOc1ccc(NC(=O)C[C@@H]2Sc3ccccc3NC2=O)cc1. The predicted octanol–water partition coefficient (Wildman–Crippen LogP) is 3.53. The van der Waals surface area contributed by atoms with Gasteiger partial charge in [0.15, 0.2) is 0 Å². The number of anilines is 2. The second-order valence-corrected chi connectivity index (χ2v) is 6.55. The molecule has 0 radical (unpaired) electrons. The van der Waals surface area contributed by atoms with Crippen molar-refractivity contribution in [2.45, 2.75) is 23.5 Å². The highest BCUT2D eigenvalue weighted by atomic mass is 32.2. The minimum atomic E-state index is -0.428. The molecule has 1 aliphatic heterocycles. The number of hydrogen-bond donors (Lipinski definition) is 2. The van der Waals surface area contributed by atoms with Crippen LogP contribution in [0.4, 0.5) is 11.4 Å². The molecule has 2 aromatic carbocycles. The van der Waals surface area contributed by atoms with Gasteiger partial charge in [0, 0.05) is 17.0 Å². The first-order chi connectivity index (χ1) is 11.7. The molecule has 2 aromatic rings. The number of amides is 2. The van der Waals surface area contributed by atoms with Crippen LogP contribution in [-0.2, 0) is 9.59 Å². The van der Waals surface area contributed by atoms with E-state index in [-0.39, 0.29) is 18.2 Å². The summed E-state index contributed by atoms with van der Waals surface area (Å²) in [6, 6.07) is 14.8. The summed E-state index contributed by atoms with van der Waals surface area (Å²) in [7, 11) is 0. The summed E-state index contributed by atoms with van der Waals surface area (Å²) in [5.41, 5.74) is 1.49. The van der Waals surface area contributed by atoms with E-state index in [0.717, 1.165) is 16.3 Å². The van der Waals surface area contributed by atoms with E-state index in [2.05, 4.69) is 10.6 Å². The summed E-state index contributed by atoms with van der Waals surface area (Å²) in [5, 5.41) is 5.23. The van der Waals surface area contributed by atoms with Gasteiger partial charge < -0.3 is 15.4 Å². The van der Waals surface area contributed by atoms with Gasteiger partial charge in [-0.15, -0.1) is 11.8 Å². The highest BCUT2D eigenvalue weighted by Crippen LogP contribution is 2.36. The van der Waals surface area contributed by atoms with Crippen molar-refractivity contribution in [1.29, 1.82) is 0 Å². The molecule has 1 heterocycles. The van der Waals surface area contributed by atoms with Gasteiger partial charge in [-0.25, -0.2) is 0 Å². The van der Waals surface area contributed by atoms with Crippen LogP contribution in [0.15, 0.2) is 53.4 Å². The zero-order valence-electron chi connectivity index (χ0n) is 13.2. The van der Waals surface area contributed by atoms with Gasteiger partial charge >= 0.3 is 0 Å². The number of rotatable bonds is 5. The molecule has 1 aliphatic rings. The number of hydrogen-bond acceptors (Lipinski definition) is 4. The highest BCUT2D eigenvalue weighted by Gasteiger charge is 2.28. The molecule has 24 heavy (non-hydrogen) atoms. The molecule has 0 fully saturated rings. The van der Waals surface area contributed by atoms with E-state index in [1.165, 1.54) is 11.8 Å². The van der Waals surface area contributed by atoms with E-state index in [1.807, 2.05) is 31.2 Å². The average Bonchev–Trinajstić information content (AvgIpc) is 2.57. The summed E-state index contributed by atoms with van der Waals surface area (Å²) < 4.78 is 5.37. The molecule has 0 spiro atoms. The fourth-order valence-electron chi connectivity index (χ4n) is 2.41. The Morgan fingerprint density at radius 2 is 1.96 bits per heavy atom. The summed E-state index contributed by atoms with van der Waals surface area (Å²) >= 11 is 1.42. The van der Waals surface area contributed by atoms with Crippen molar-refractivity contribution in [3.8, 4) is 5.75 Å². The average molecular weight is 342 g/mol. The predicted molar refractivity (Wildman–Crippen MR) is 95.6 cm³/mol.